The van der Waals surface area contributed by atoms with E-state index in [-0.39, 0.29) is 6.61 Å². The van der Waals surface area contributed by atoms with Crippen LogP contribution in [-0.2, 0) is 22.1 Å². The number of benzene rings is 1. The molecule has 1 aromatic rings. The van der Waals surface area contributed by atoms with Gasteiger partial charge in [0.1, 0.15) is 0 Å². The molecule has 1 rings (SSSR count). The molecule has 0 saturated carbocycles. The van der Waals surface area contributed by atoms with Crippen molar-refractivity contribution in [3.63, 3.8) is 0 Å². The van der Waals surface area contributed by atoms with E-state index in [0.29, 0.717) is 31.0 Å². The fourth-order valence-electron chi connectivity index (χ4n) is 1.55. The number of methoxy groups -OCH3 is 2. The van der Waals surface area contributed by atoms with Gasteiger partial charge in [0.15, 0.2) is 11.5 Å². The quantitative estimate of drug-likeness (QED) is 0.527. The summed E-state index contributed by atoms with van der Waals surface area (Å²) < 4.78 is 33.5. The highest BCUT2D eigenvalue weighted by atomic mass is 32.2. The summed E-state index contributed by atoms with van der Waals surface area (Å²) in [6, 6.07) is 5.71. The third-order valence-corrected chi connectivity index (χ3v) is 2.83. The third-order valence-electron chi connectivity index (χ3n) is 2.46. The molecule has 1 atom stereocenters. The summed E-state index contributed by atoms with van der Waals surface area (Å²) in [7, 11) is 3.20. The van der Waals surface area contributed by atoms with Gasteiger partial charge in [-0.2, -0.15) is 4.21 Å². The van der Waals surface area contributed by atoms with Crippen LogP contribution in [0.2, 0.25) is 0 Å². The van der Waals surface area contributed by atoms with E-state index < -0.39 is 11.4 Å². The van der Waals surface area contributed by atoms with Gasteiger partial charge >= 0.3 is 11.4 Å². The zero-order chi connectivity index (χ0) is 14.1. The standard InChI is InChI=1S/C12H19NO5S/c1-16-11-5-4-10(8-12(11)17-2)9-13-6-3-7-18-19(14)15/h4-5,8,13H,3,6-7,9H2,1-2H3,(H,14,15). The molecule has 1 aromatic carbocycles. The second-order valence-electron chi connectivity index (χ2n) is 3.76. The van der Waals surface area contributed by atoms with Crippen LogP contribution in [0.4, 0.5) is 0 Å². The van der Waals surface area contributed by atoms with Crippen LogP contribution < -0.4 is 14.8 Å². The smallest absolute Gasteiger partial charge is 0.301 e. The number of hydrogen-bond donors (Lipinski definition) is 2. The van der Waals surface area contributed by atoms with Crippen molar-refractivity contribution in [2.75, 3.05) is 27.4 Å². The first-order chi connectivity index (χ1) is 9.17. The molecule has 0 aromatic heterocycles. The highest BCUT2D eigenvalue weighted by Gasteiger charge is 2.04. The maximum atomic E-state index is 10.2. The van der Waals surface area contributed by atoms with Crippen molar-refractivity contribution >= 4 is 11.4 Å². The van der Waals surface area contributed by atoms with Crippen LogP contribution in [-0.4, -0.2) is 36.1 Å². The Bertz CT molecular complexity index is 413. The Balaban J connectivity index is 2.31. The van der Waals surface area contributed by atoms with Gasteiger partial charge in [-0.05, 0) is 30.7 Å². The van der Waals surface area contributed by atoms with Crippen LogP contribution in [0, 0.1) is 0 Å². The Labute approximate surface area is 115 Å². The van der Waals surface area contributed by atoms with E-state index in [1.165, 1.54) is 0 Å². The summed E-state index contributed by atoms with van der Waals surface area (Å²) in [5.74, 6) is 1.39. The van der Waals surface area contributed by atoms with Crippen LogP contribution >= 0.6 is 0 Å². The maximum absolute atomic E-state index is 10.2. The number of hydrogen-bond acceptors (Lipinski definition) is 5. The van der Waals surface area contributed by atoms with Gasteiger partial charge in [-0.3, -0.25) is 8.74 Å². The zero-order valence-electron chi connectivity index (χ0n) is 11.0. The molecule has 0 heterocycles. The van der Waals surface area contributed by atoms with E-state index in [2.05, 4.69) is 9.50 Å². The van der Waals surface area contributed by atoms with E-state index >= 15 is 0 Å². The van der Waals surface area contributed by atoms with Gasteiger partial charge < -0.3 is 14.8 Å². The lowest BCUT2D eigenvalue weighted by molar-refractivity contribution is 0.299. The monoisotopic (exact) mass is 289 g/mol. The van der Waals surface area contributed by atoms with Gasteiger partial charge in [0.25, 0.3) is 0 Å². The Hall–Kier alpha value is -1.15. The Kier molecular flexibility index (Phi) is 7.42. The Morgan fingerprint density at radius 3 is 2.63 bits per heavy atom. The van der Waals surface area contributed by atoms with E-state index in [9.17, 15) is 4.21 Å². The molecule has 0 bridgehead atoms. The van der Waals surface area contributed by atoms with Crippen molar-refractivity contribution in [2.24, 2.45) is 0 Å². The van der Waals surface area contributed by atoms with E-state index in [4.69, 9.17) is 14.0 Å². The first-order valence-electron chi connectivity index (χ1n) is 5.83. The molecule has 0 saturated heterocycles. The second kappa shape index (κ2) is 8.87. The minimum atomic E-state index is -2.17. The lowest BCUT2D eigenvalue weighted by atomic mass is 10.2. The fourth-order valence-corrected chi connectivity index (χ4v) is 1.81. The van der Waals surface area contributed by atoms with Gasteiger partial charge in [0, 0.05) is 6.54 Å². The first kappa shape index (κ1) is 15.9. The van der Waals surface area contributed by atoms with Crippen molar-refractivity contribution < 1.29 is 22.4 Å². The van der Waals surface area contributed by atoms with Gasteiger partial charge in [-0.15, -0.1) is 0 Å². The number of ether oxygens (including phenoxy) is 2. The van der Waals surface area contributed by atoms with Gasteiger partial charge in [0.05, 0.1) is 20.8 Å². The molecule has 0 aliphatic rings. The zero-order valence-corrected chi connectivity index (χ0v) is 11.9. The molecular formula is C12H19NO5S. The fraction of sp³-hybridized carbons (Fsp3) is 0.500. The highest BCUT2D eigenvalue weighted by Crippen LogP contribution is 2.27. The predicted octanol–water partition coefficient (Wildman–Crippen LogP) is 1.34. The molecule has 1 unspecified atom stereocenters. The molecule has 0 aliphatic heterocycles. The summed E-state index contributed by atoms with van der Waals surface area (Å²) in [4.78, 5) is 0. The van der Waals surface area contributed by atoms with E-state index in [1.54, 1.807) is 14.2 Å². The lowest BCUT2D eigenvalue weighted by Gasteiger charge is -2.10. The van der Waals surface area contributed by atoms with Crippen molar-refractivity contribution in [3.05, 3.63) is 23.8 Å². The van der Waals surface area contributed by atoms with Gasteiger partial charge in [0.2, 0.25) is 0 Å². The number of rotatable bonds is 9. The van der Waals surface area contributed by atoms with Crippen molar-refractivity contribution in [1.29, 1.82) is 0 Å². The topological polar surface area (TPSA) is 77.0 Å². The lowest BCUT2D eigenvalue weighted by Crippen LogP contribution is -2.16. The van der Waals surface area contributed by atoms with Crippen molar-refractivity contribution in [3.8, 4) is 11.5 Å². The van der Waals surface area contributed by atoms with Crippen LogP contribution in [0.3, 0.4) is 0 Å². The van der Waals surface area contributed by atoms with Crippen LogP contribution in [0.15, 0.2) is 18.2 Å². The molecule has 0 radical (unpaired) electrons. The molecule has 0 amide bonds. The van der Waals surface area contributed by atoms with Crippen molar-refractivity contribution in [2.45, 2.75) is 13.0 Å². The van der Waals surface area contributed by atoms with E-state index in [0.717, 1.165) is 5.56 Å². The normalized spacial score (nSPS) is 12.2. The Morgan fingerprint density at radius 1 is 1.26 bits per heavy atom. The molecule has 0 fully saturated rings. The average Bonchev–Trinajstić information content (AvgIpc) is 2.42. The average molecular weight is 289 g/mol. The van der Waals surface area contributed by atoms with Crippen LogP contribution in [0.5, 0.6) is 11.5 Å². The molecule has 7 heteroatoms. The van der Waals surface area contributed by atoms with Gasteiger partial charge in [-0.25, -0.2) is 0 Å². The Morgan fingerprint density at radius 2 is 2.00 bits per heavy atom. The molecular weight excluding hydrogens is 270 g/mol. The minimum absolute atomic E-state index is 0.252. The second-order valence-corrected chi connectivity index (χ2v) is 4.43. The summed E-state index contributed by atoms with van der Waals surface area (Å²) in [5, 5.41) is 3.21. The molecule has 19 heavy (non-hydrogen) atoms. The summed E-state index contributed by atoms with van der Waals surface area (Å²) >= 11 is -2.17. The number of nitrogens with one attached hydrogen (secondary N) is 1. The molecule has 2 N–H and O–H groups in total. The van der Waals surface area contributed by atoms with Crippen molar-refractivity contribution in [1.82, 2.24) is 5.32 Å². The predicted molar refractivity (Wildman–Crippen MR) is 72.6 cm³/mol. The molecule has 108 valence electrons. The van der Waals surface area contributed by atoms with Crippen LogP contribution in [0.1, 0.15) is 12.0 Å². The minimum Gasteiger partial charge on any atom is -0.493 e. The summed E-state index contributed by atoms with van der Waals surface area (Å²) in [6.07, 6.45) is 0.666. The SMILES string of the molecule is COc1ccc(CNCCCOS(=O)O)cc1OC. The highest BCUT2D eigenvalue weighted by molar-refractivity contribution is 7.74. The first-order valence-corrected chi connectivity index (χ1v) is 6.86. The largest absolute Gasteiger partial charge is 0.493 e. The maximum Gasteiger partial charge on any atom is 0.301 e. The summed E-state index contributed by atoms with van der Waals surface area (Å²) in [6.45, 7) is 1.64. The van der Waals surface area contributed by atoms with Gasteiger partial charge in [-0.1, -0.05) is 6.07 Å². The van der Waals surface area contributed by atoms with E-state index in [1.807, 2.05) is 18.2 Å². The molecule has 0 aliphatic carbocycles. The third kappa shape index (κ3) is 6.02. The summed E-state index contributed by atoms with van der Waals surface area (Å²) in [5.41, 5.74) is 1.07. The van der Waals surface area contributed by atoms with Crippen LogP contribution in [0.25, 0.3) is 0 Å². The molecule has 6 nitrogen and oxygen atoms in total. The molecule has 0 spiro atoms.